The van der Waals surface area contributed by atoms with Crippen LogP contribution in [0.2, 0.25) is 10.0 Å². The molecular weight excluding hydrogens is 615 g/mol. The highest BCUT2D eigenvalue weighted by atomic mass is 35.5. The summed E-state index contributed by atoms with van der Waals surface area (Å²) in [5, 5.41) is 11.0. The van der Waals surface area contributed by atoms with Gasteiger partial charge in [-0.2, -0.15) is 0 Å². The average Bonchev–Trinajstić information content (AvgIpc) is 3.37. The molecule has 12 heteroatoms. The quantitative estimate of drug-likeness (QED) is 0.270. The molecule has 234 valence electrons. The predicted octanol–water partition coefficient (Wildman–Crippen LogP) is 5.36. The third-order valence-corrected chi connectivity index (χ3v) is 10.3. The topological polar surface area (TPSA) is 104 Å². The first-order valence-electron chi connectivity index (χ1n) is 15.1. The first-order chi connectivity index (χ1) is 21.6. The number of rotatable bonds is 8. The van der Waals surface area contributed by atoms with Gasteiger partial charge in [0.05, 0.1) is 34.2 Å². The van der Waals surface area contributed by atoms with Gasteiger partial charge in [0.25, 0.3) is 0 Å². The van der Waals surface area contributed by atoms with E-state index in [1.54, 1.807) is 35.2 Å². The van der Waals surface area contributed by atoms with Crippen LogP contribution in [0, 0.1) is 5.41 Å². The predicted molar refractivity (Wildman–Crippen MR) is 176 cm³/mol. The van der Waals surface area contributed by atoms with Gasteiger partial charge in [-0.05, 0) is 75.2 Å². The molecule has 3 fully saturated rings. The van der Waals surface area contributed by atoms with Crippen LogP contribution in [0.15, 0.2) is 59.8 Å². The highest BCUT2D eigenvalue weighted by molar-refractivity contribution is 6.34. The van der Waals surface area contributed by atoms with Crippen molar-refractivity contribution in [1.29, 1.82) is 0 Å². The Kier molecular flexibility index (Phi) is 7.62. The van der Waals surface area contributed by atoms with Crippen molar-refractivity contribution in [2.24, 2.45) is 5.41 Å². The molecule has 0 bridgehead atoms. The summed E-state index contributed by atoms with van der Waals surface area (Å²) in [7, 11) is 4.14. The molecule has 1 unspecified atom stereocenters. The molecule has 10 nitrogen and oxygen atoms in total. The molecule has 0 amide bonds. The van der Waals surface area contributed by atoms with Crippen LogP contribution < -0.4 is 20.0 Å². The van der Waals surface area contributed by atoms with Crippen LogP contribution in [0.25, 0.3) is 16.6 Å². The molecule has 7 rings (SSSR count). The Morgan fingerprint density at radius 1 is 1.13 bits per heavy atom. The molecule has 3 aliphatic rings. The monoisotopic (exact) mass is 648 g/mol. The summed E-state index contributed by atoms with van der Waals surface area (Å²) in [6, 6.07) is 11.3. The van der Waals surface area contributed by atoms with Gasteiger partial charge in [0, 0.05) is 43.5 Å². The zero-order valence-corrected chi connectivity index (χ0v) is 26.6. The number of fused-ring (bicyclic) bond motifs is 1. The number of halogens is 2. The zero-order valence-electron chi connectivity index (χ0n) is 25.1. The summed E-state index contributed by atoms with van der Waals surface area (Å²) < 4.78 is 7.84. The van der Waals surface area contributed by atoms with E-state index in [4.69, 9.17) is 32.9 Å². The number of benzene rings is 1. The van der Waals surface area contributed by atoms with Crippen LogP contribution in [-0.2, 0) is 0 Å². The molecule has 1 spiro atoms. The number of carboxylic acid groups (broad SMARTS) is 1. The maximum atomic E-state index is 13.4. The Hall–Kier alpha value is -3.86. The Balaban J connectivity index is 1.27. The fourth-order valence-electron chi connectivity index (χ4n) is 6.88. The second-order valence-electron chi connectivity index (χ2n) is 12.7. The summed E-state index contributed by atoms with van der Waals surface area (Å²) in [5.74, 6) is -0.0598. The molecule has 5 heterocycles. The number of anilines is 2. The van der Waals surface area contributed by atoms with E-state index in [0.717, 1.165) is 50.4 Å². The first-order valence-corrected chi connectivity index (χ1v) is 15.9. The fraction of sp³-hybridized carbons (Fsp3) is 0.394. The molecule has 3 aromatic heterocycles. The van der Waals surface area contributed by atoms with Gasteiger partial charge in [-0.3, -0.25) is 4.79 Å². The molecule has 1 saturated carbocycles. The second-order valence-corrected chi connectivity index (χ2v) is 13.5. The SMILES string of the molecule is CN(C)C1CN(c2ccc(-n3cc(C(=O)O)c(=O)c4cc(Cl)c(N5CC6(CCC6)CC5COc5ncccc5Cl)cc43)cn2)C1. The van der Waals surface area contributed by atoms with E-state index in [9.17, 15) is 14.7 Å². The third kappa shape index (κ3) is 5.38. The van der Waals surface area contributed by atoms with Gasteiger partial charge in [0.2, 0.25) is 11.3 Å². The molecule has 45 heavy (non-hydrogen) atoms. The highest BCUT2D eigenvalue weighted by Gasteiger charge is 2.48. The molecule has 0 radical (unpaired) electrons. The van der Waals surface area contributed by atoms with Crippen LogP contribution in [0.5, 0.6) is 5.88 Å². The number of carbonyl (C=O) groups is 1. The van der Waals surface area contributed by atoms with Crippen LogP contribution >= 0.6 is 23.2 Å². The summed E-state index contributed by atoms with van der Waals surface area (Å²) >= 11 is 13.3. The molecule has 1 N–H and O–H groups in total. The number of nitrogens with zero attached hydrogens (tertiary/aromatic N) is 6. The van der Waals surface area contributed by atoms with Crippen LogP contribution in [0.1, 0.15) is 36.0 Å². The van der Waals surface area contributed by atoms with Crippen molar-refractivity contribution in [2.45, 2.75) is 37.8 Å². The molecule has 2 aliphatic heterocycles. The van der Waals surface area contributed by atoms with Crippen LogP contribution in [0.3, 0.4) is 0 Å². The number of likely N-dealkylation sites (N-methyl/N-ethyl adjacent to an activating group) is 1. The molecule has 2 saturated heterocycles. The van der Waals surface area contributed by atoms with Crippen molar-refractivity contribution in [3.8, 4) is 11.6 Å². The smallest absolute Gasteiger partial charge is 0.341 e. The minimum atomic E-state index is -1.30. The summed E-state index contributed by atoms with van der Waals surface area (Å²) in [4.78, 5) is 41.2. The molecule has 1 atom stereocenters. The summed E-state index contributed by atoms with van der Waals surface area (Å²) in [5.41, 5.74) is 1.23. The van der Waals surface area contributed by atoms with E-state index < -0.39 is 11.4 Å². The number of carboxylic acids is 1. The van der Waals surface area contributed by atoms with E-state index in [-0.39, 0.29) is 22.4 Å². The average molecular weight is 650 g/mol. The minimum Gasteiger partial charge on any atom is -0.477 e. The number of hydrogen-bond donors (Lipinski definition) is 1. The lowest BCUT2D eigenvalue weighted by molar-refractivity contribution is 0.0695. The van der Waals surface area contributed by atoms with E-state index >= 15 is 0 Å². The van der Waals surface area contributed by atoms with Crippen molar-refractivity contribution in [3.05, 3.63) is 80.8 Å². The number of pyridine rings is 3. The second kappa shape index (κ2) is 11.5. The Morgan fingerprint density at radius 3 is 2.58 bits per heavy atom. The molecule has 1 aliphatic carbocycles. The number of hydrogen-bond acceptors (Lipinski definition) is 8. The fourth-order valence-corrected chi connectivity index (χ4v) is 7.33. The van der Waals surface area contributed by atoms with Crippen LogP contribution in [0.4, 0.5) is 11.5 Å². The maximum absolute atomic E-state index is 13.4. The number of aromatic carboxylic acids is 1. The number of ether oxygens (including phenoxy) is 1. The Bertz CT molecular complexity index is 1840. The zero-order chi connectivity index (χ0) is 31.5. The minimum absolute atomic E-state index is 0.000237. The van der Waals surface area contributed by atoms with Gasteiger partial charge >= 0.3 is 5.97 Å². The molecule has 4 aromatic rings. The lowest BCUT2D eigenvalue weighted by Crippen LogP contribution is -2.57. The van der Waals surface area contributed by atoms with Crippen molar-refractivity contribution in [2.75, 3.05) is 50.1 Å². The summed E-state index contributed by atoms with van der Waals surface area (Å²) in [6.07, 6.45) is 9.14. The molecular formula is C33H34Cl2N6O4. The Labute approximate surface area is 270 Å². The van der Waals surface area contributed by atoms with E-state index in [0.29, 0.717) is 39.8 Å². The normalized spacial score (nSPS) is 19.3. The lowest BCUT2D eigenvalue weighted by Gasteiger charge is -2.43. The van der Waals surface area contributed by atoms with Gasteiger partial charge in [-0.1, -0.05) is 29.6 Å². The third-order valence-electron chi connectivity index (χ3n) is 9.71. The van der Waals surface area contributed by atoms with Gasteiger partial charge in [-0.25, -0.2) is 14.8 Å². The van der Waals surface area contributed by atoms with Gasteiger partial charge in [0.1, 0.15) is 23.0 Å². The van der Waals surface area contributed by atoms with Crippen molar-refractivity contribution < 1.29 is 14.6 Å². The maximum Gasteiger partial charge on any atom is 0.341 e. The van der Waals surface area contributed by atoms with Crippen LogP contribution in [-0.4, -0.2) is 82.9 Å². The first kappa shape index (κ1) is 29.8. The van der Waals surface area contributed by atoms with E-state index in [1.807, 2.05) is 18.2 Å². The van der Waals surface area contributed by atoms with Gasteiger partial charge < -0.3 is 29.1 Å². The van der Waals surface area contributed by atoms with Crippen molar-refractivity contribution in [1.82, 2.24) is 19.4 Å². The van der Waals surface area contributed by atoms with E-state index in [1.165, 1.54) is 12.6 Å². The lowest BCUT2D eigenvalue weighted by atomic mass is 9.67. The van der Waals surface area contributed by atoms with E-state index in [2.05, 4.69) is 33.8 Å². The van der Waals surface area contributed by atoms with Crippen molar-refractivity contribution >= 4 is 51.6 Å². The largest absolute Gasteiger partial charge is 0.477 e. The van der Waals surface area contributed by atoms with Gasteiger partial charge in [-0.15, -0.1) is 0 Å². The Morgan fingerprint density at radius 2 is 1.93 bits per heavy atom. The summed E-state index contributed by atoms with van der Waals surface area (Å²) in [6.45, 7) is 2.95. The number of aromatic nitrogens is 3. The van der Waals surface area contributed by atoms with Crippen molar-refractivity contribution in [3.63, 3.8) is 0 Å². The van der Waals surface area contributed by atoms with Gasteiger partial charge in [0.15, 0.2) is 0 Å². The highest BCUT2D eigenvalue weighted by Crippen LogP contribution is 2.52. The molecule has 1 aromatic carbocycles. The standard InChI is InChI=1S/C33H34Cl2N6O4/c1-38(2)22-15-39(16-22)29-7-6-20(14-37-29)40-17-24(32(43)44)30(42)23-11-26(35)28(12-27(23)40)41-19-33(8-4-9-33)13-21(41)18-45-31-25(34)5-3-10-36-31/h3,5-7,10-12,14,17,21-22H,4,8-9,13,15-16,18-19H2,1-2H3,(H,43,44).